The number of hydrogen-bond acceptors (Lipinski definition) is 6. The van der Waals surface area contributed by atoms with Crippen LogP contribution in [0.3, 0.4) is 0 Å². The van der Waals surface area contributed by atoms with E-state index < -0.39 is 0 Å². The summed E-state index contributed by atoms with van der Waals surface area (Å²) in [4.78, 5) is 14.6. The Bertz CT molecular complexity index is 721. The van der Waals surface area contributed by atoms with Crippen LogP contribution in [0.2, 0.25) is 0 Å². The molecule has 28 heavy (non-hydrogen) atoms. The highest BCUT2D eigenvalue weighted by Crippen LogP contribution is 2.36. The molecule has 0 aliphatic heterocycles. The molecule has 0 aliphatic carbocycles. The number of rotatable bonds is 12. The van der Waals surface area contributed by atoms with Crippen LogP contribution in [-0.2, 0) is 6.73 Å². The fourth-order valence-electron chi connectivity index (χ4n) is 2.78. The van der Waals surface area contributed by atoms with Gasteiger partial charge in [-0.15, -0.1) is 0 Å². The van der Waals surface area contributed by atoms with Crippen molar-refractivity contribution in [1.29, 1.82) is 0 Å². The lowest BCUT2D eigenvalue weighted by Gasteiger charge is -2.17. The van der Waals surface area contributed by atoms with E-state index in [0.717, 1.165) is 26.1 Å². The van der Waals surface area contributed by atoms with Gasteiger partial charge in [-0.05, 0) is 44.3 Å². The Hall–Kier alpha value is -2.74. The molecule has 1 aromatic heterocycles. The topological polar surface area (TPSA) is 77.9 Å². The van der Waals surface area contributed by atoms with E-state index in [1.54, 1.807) is 43.3 Å². The lowest BCUT2D eigenvalue weighted by atomic mass is 10.3. The summed E-state index contributed by atoms with van der Waals surface area (Å²) in [6.07, 6.45) is 2.61. The normalized spacial score (nSPS) is 10.8. The number of hydrogen-bond donors (Lipinski definition) is 1. The van der Waals surface area contributed by atoms with Gasteiger partial charge in [-0.25, -0.2) is 4.68 Å². The van der Waals surface area contributed by atoms with Crippen LogP contribution in [0.1, 0.15) is 30.8 Å². The first-order valence-electron chi connectivity index (χ1n) is 9.50. The van der Waals surface area contributed by atoms with E-state index in [2.05, 4.69) is 29.2 Å². The van der Waals surface area contributed by atoms with Gasteiger partial charge < -0.3 is 24.4 Å². The number of amides is 1. The summed E-state index contributed by atoms with van der Waals surface area (Å²) in [5, 5.41) is 7.17. The smallest absolute Gasteiger partial charge is 0.271 e. The van der Waals surface area contributed by atoms with E-state index in [1.807, 2.05) is 6.07 Å². The highest BCUT2D eigenvalue weighted by molar-refractivity contribution is 5.92. The zero-order chi connectivity index (χ0) is 20.4. The van der Waals surface area contributed by atoms with Crippen LogP contribution in [-0.4, -0.2) is 61.0 Å². The number of nitrogens with zero attached hydrogens (tertiary/aromatic N) is 3. The fraction of sp³-hybridized carbons (Fsp3) is 0.500. The van der Waals surface area contributed by atoms with E-state index in [-0.39, 0.29) is 12.6 Å². The maximum absolute atomic E-state index is 12.2. The SMILES string of the molecule is CCN(CC)CCCNC(=O)c1ccn(COc2c(OC)cccc2OC)n1. The Morgan fingerprint density at radius 3 is 2.43 bits per heavy atom. The van der Waals surface area contributed by atoms with Crippen LogP contribution in [0.5, 0.6) is 17.2 Å². The maximum atomic E-state index is 12.2. The highest BCUT2D eigenvalue weighted by Gasteiger charge is 2.13. The van der Waals surface area contributed by atoms with Gasteiger partial charge in [-0.2, -0.15) is 5.10 Å². The van der Waals surface area contributed by atoms with E-state index >= 15 is 0 Å². The third-order valence-electron chi connectivity index (χ3n) is 4.43. The molecule has 2 aromatic rings. The van der Waals surface area contributed by atoms with Crippen molar-refractivity contribution in [2.24, 2.45) is 0 Å². The lowest BCUT2D eigenvalue weighted by molar-refractivity contribution is 0.0944. The molecule has 1 amide bonds. The number of ether oxygens (including phenoxy) is 3. The van der Waals surface area contributed by atoms with E-state index in [0.29, 0.717) is 29.5 Å². The standard InChI is InChI=1S/C20H30N4O4/c1-5-23(6-2)13-8-12-21-20(25)16-11-14-24(22-16)15-28-19-17(26-3)9-7-10-18(19)27-4/h7,9-11,14H,5-6,8,12-13,15H2,1-4H3,(H,21,25). The second kappa shape index (κ2) is 11.2. The van der Waals surface area contributed by atoms with Crippen LogP contribution in [0.25, 0.3) is 0 Å². The van der Waals surface area contributed by atoms with Crippen molar-refractivity contribution in [1.82, 2.24) is 20.0 Å². The van der Waals surface area contributed by atoms with E-state index in [4.69, 9.17) is 14.2 Å². The van der Waals surface area contributed by atoms with Crippen molar-refractivity contribution < 1.29 is 19.0 Å². The van der Waals surface area contributed by atoms with Gasteiger partial charge in [0.1, 0.15) is 5.69 Å². The second-order valence-corrected chi connectivity index (χ2v) is 6.14. The molecule has 0 atom stereocenters. The quantitative estimate of drug-likeness (QED) is 0.561. The molecular formula is C20H30N4O4. The molecule has 0 saturated heterocycles. The summed E-state index contributed by atoms with van der Waals surface area (Å²) in [7, 11) is 3.14. The van der Waals surface area contributed by atoms with Crippen LogP contribution in [0.15, 0.2) is 30.5 Å². The van der Waals surface area contributed by atoms with Crippen LogP contribution < -0.4 is 19.5 Å². The van der Waals surface area contributed by atoms with Gasteiger partial charge in [-0.1, -0.05) is 19.9 Å². The minimum absolute atomic E-state index is 0.131. The summed E-state index contributed by atoms with van der Waals surface area (Å²) in [5.41, 5.74) is 0.360. The number of aromatic nitrogens is 2. The Labute approximate surface area is 166 Å². The summed E-state index contributed by atoms with van der Waals surface area (Å²) >= 11 is 0. The third-order valence-corrected chi connectivity index (χ3v) is 4.43. The molecule has 154 valence electrons. The number of nitrogens with one attached hydrogen (secondary N) is 1. The minimum atomic E-state index is -0.187. The number of benzene rings is 1. The molecule has 8 nitrogen and oxygen atoms in total. The zero-order valence-electron chi connectivity index (χ0n) is 17.1. The van der Waals surface area contributed by atoms with Crippen molar-refractivity contribution in [3.8, 4) is 17.2 Å². The van der Waals surface area contributed by atoms with Crippen LogP contribution in [0.4, 0.5) is 0 Å². The molecule has 0 spiro atoms. The van der Waals surface area contributed by atoms with Gasteiger partial charge in [0.05, 0.1) is 14.2 Å². The van der Waals surface area contributed by atoms with Gasteiger partial charge in [0.2, 0.25) is 5.75 Å². The molecule has 1 N–H and O–H groups in total. The van der Waals surface area contributed by atoms with Gasteiger partial charge in [0.15, 0.2) is 18.2 Å². The molecule has 0 saturated carbocycles. The second-order valence-electron chi connectivity index (χ2n) is 6.14. The Balaban J connectivity index is 1.86. The summed E-state index contributed by atoms with van der Waals surface area (Å²) in [6, 6.07) is 7.07. The summed E-state index contributed by atoms with van der Waals surface area (Å²) in [5.74, 6) is 1.44. The lowest BCUT2D eigenvalue weighted by Crippen LogP contribution is -2.30. The Morgan fingerprint density at radius 1 is 1.14 bits per heavy atom. The first-order valence-corrected chi connectivity index (χ1v) is 9.50. The van der Waals surface area contributed by atoms with E-state index in [9.17, 15) is 4.79 Å². The average Bonchev–Trinajstić information content (AvgIpc) is 3.21. The summed E-state index contributed by atoms with van der Waals surface area (Å²) in [6.45, 7) is 8.03. The predicted molar refractivity (Wildman–Crippen MR) is 107 cm³/mol. The largest absolute Gasteiger partial charge is 0.493 e. The van der Waals surface area contributed by atoms with Crippen molar-refractivity contribution >= 4 is 5.91 Å². The highest BCUT2D eigenvalue weighted by atomic mass is 16.5. The number of methoxy groups -OCH3 is 2. The average molecular weight is 390 g/mol. The van der Waals surface area contributed by atoms with Gasteiger partial charge >= 0.3 is 0 Å². The summed E-state index contributed by atoms with van der Waals surface area (Å²) < 4.78 is 18.0. The molecule has 1 heterocycles. The van der Waals surface area contributed by atoms with Crippen molar-refractivity contribution in [3.63, 3.8) is 0 Å². The number of para-hydroxylation sites is 1. The molecule has 0 aliphatic rings. The number of carbonyl (C=O) groups is 1. The molecule has 2 rings (SSSR count). The first-order chi connectivity index (χ1) is 13.6. The molecule has 1 aromatic carbocycles. The molecule has 0 fully saturated rings. The van der Waals surface area contributed by atoms with Gasteiger partial charge in [0.25, 0.3) is 5.91 Å². The monoisotopic (exact) mass is 390 g/mol. The third kappa shape index (κ3) is 5.88. The van der Waals surface area contributed by atoms with Crippen molar-refractivity contribution in [2.45, 2.75) is 27.0 Å². The van der Waals surface area contributed by atoms with E-state index in [1.165, 1.54) is 0 Å². The molecule has 0 bridgehead atoms. The molecule has 0 unspecified atom stereocenters. The Kier molecular flexibility index (Phi) is 8.61. The minimum Gasteiger partial charge on any atom is -0.493 e. The van der Waals surface area contributed by atoms with Crippen LogP contribution >= 0.6 is 0 Å². The first kappa shape index (κ1) is 21.6. The molecule has 8 heteroatoms. The van der Waals surface area contributed by atoms with Gasteiger partial charge in [-0.3, -0.25) is 4.79 Å². The Morgan fingerprint density at radius 2 is 1.82 bits per heavy atom. The molecule has 0 radical (unpaired) electrons. The van der Waals surface area contributed by atoms with Gasteiger partial charge in [0, 0.05) is 12.7 Å². The zero-order valence-corrected chi connectivity index (χ0v) is 17.1. The fourth-order valence-corrected chi connectivity index (χ4v) is 2.78. The maximum Gasteiger partial charge on any atom is 0.271 e. The van der Waals surface area contributed by atoms with Crippen molar-refractivity contribution in [2.75, 3.05) is 40.4 Å². The number of carbonyl (C=O) groups excluding carboxylic acids is 1. The van der Waals surface area contributed by atoms with Crippen molar-refractivity contribution in [3.05, 3.63) is 36.2 Å². The van der Waals surface area contributed by atoms with Crippen LogP contribution in [0, 0.1) is 0 Å². The predicted octanol–water partition coefficient (Wildman–Crippen LogP) is 2.40. The molecular weight excluding hydrogens is 360 g/mol.